The van der Waals surface area contributed by atoms with Crippen molar-refractivity contribution in [3.05, 3.63) is 53.9 Å². The van der Waals surface area contributed by atoms with Crippen molar-refractivity contribution in [2.75, 3.05) is 0 Å². The Morgan fingerprint density at radius 2 is 2.00 bits per heavy atom. The Kier molecular flexibility index (Phi) is 2.45. The molecule has 0 aliphatic carbocycles. The normalized spacial score (nSPS) is 11.6. The van der Waals surface area contributed by atoms with E-state index in [1.54, 1.807) is 6.26 Å². The monoisotopic (exact) mass is 185 g/mol. The Hall–Kier alpha value is -1.83. The highest BCUT2D eigenvalue weighted by atomic mass is 16.5. The third kappa shape index (κ3) is 1.91. The molecule has 0 N–H and O–H groups in total. The average Bonchev–Trinajstić information content (AvgIpc) is 2.72. The van der Waals surface area contributed by atoms with E-state index in [0.717, 1.165) is 11.3 Å². The van der Waals surface area contributed by atoms with Gasteiger partial charge in [-0.25, -0.2) is 0 Å². The maximum atomic E-state index is 4.78. The third-order valence-corrected chi connectivity index (χ3v) is 2.02. The van der Waals surface area contributed by atoms with Crippen LogP contribution >= 0.6 is 0 Å². The molecule has 0 aliphatic rings. The first-order chi connectivity index (χ1) is 6.86. The largest absolute Gasteiger partial charge is 0.364 e. The summed E-state index contributed by atoms with van der Waals surface area (Å²) in [6, 6.07) is 12.0. The molecule has 0 radical (unpaired) electrons. The summed E-state index contributed by atoms with van der Waals surface area (Å²) < 4.78 is 4.78. The van der Waals surface area contributed by atoms with Crippen molar-refractivity contribution in [1.29, 1.82) is 0 Å². The number of aromatic nitrogens is 1. The van der Waals surface area contributed by atoms with Crippen molar-refractivity contribution in [1.82, 2.24) is 5.16 Å². The Bertz CT molecular complexity index is 415. The van der Waals surface area contributed by atoms with E-state index in [9.17, 15) is 0 Å². The first-order valence-electron chi connectivity index (χ1n) is 4.50. The highest BCUT2D eigenvalue weighted by Gasteiger charge is 1.98. The van der Waals surface area contributed by atoms with Crippen LogP contribution in [0.4, 0.5) is 0 Å². The van der Waals surface area contributed by atoms with Crippen LogP contribution in [0.3, 0.4) is 0 Å². The van der Waals surface area contributed by atoms with Gasteiger partial charge in [0.2, 0.25) is 0 Å². The molecule has 2 heteroatoms. The molecular weight excluding hydrogens is 174 g/mol. The second kappa shape index (κ2) is 3.92. The van der Waals surface area contributed by atoms with E-state index in [4.69, 9.17) is 4.52 Å². The van der Waals surface area contributed by atoms with Gasteiger partial charge in [0, 0.05) is 6.07 Å². The lowest BCUT2D eigenvalue weighted by atomic mass is 10.1. The van der Waals surface area contributed by atoms with Crippen molar-refractivity contribution >= 4 is 11.6 Å². The Morgan fingerprint density at radius 1 is 1.21 bits per heavy atom. The van der Waals surface area contributed by atoms with E-state index in [-0.39, 0.29) is 0 Å². The van der Waals surface area contributed by atoms with E-state index in [2.05, 4.69) is 23.4 Å². The van der Waals surface area contributed by atoms with Crippen LogP contribution in [-0.4, -0.2) is 5.16 Å². The van der Waals surface area contributed by atoms with Gasteiger partial charge in [0.1, 0.15) is 12.0 Å². The summed E-state index contributed by atoms with van der Waals surface area (Å²) in [5.41, 5.74) is 3.16. The van der Waals surface area contributed by atoms with Gasteiger partial charge in [0.25, 0.3) is 0 Å². The van der Waals surface area contributed by atoms with E-state index < -0.39 is 0 Å². The summed E-state index contributed by atoms with van der Waals surface area (Å²) in [6.07, 6.45) is 3.66. The van der Waals surface area contributed by atoms with Crippen LogP contribution in [0.25, 0.3) is 11.6 Å². The minimum Gasteiger partial charge on any atom is -0.364 e. The number of allylic oxidation sites excluding steroid dienone is 1. The van der Waals surface area contributed by atoms with Crippen molar-refractivity contribution < 1.29 is 4.52 Å². The molecule has 2 rings (SSSR count). The highest BCUT2D eigenvalue weighted by molar-refractivity contribution is 5.78. The second-order valence-corrected chi connectivity index (χ2v) is 3.12. The topological polar surface area (TPSA) is 26.0 Å². The van der Waals surface area contributed by atoms with Crippen molar-refractivity contribution in [2.45, 2.75) is 6.92 Å². The van der Waals surface area contributed by atoms with Crippen LogP contribution in [0.1, 0.15) is 18.2 Å². The smallest absolute Gasteiger partial charge is 0.124 e. The first kappa shape index (κ1) is 8.75. The van der Waals surface area contributed by atoms with Crippen LogP contribution in [0.15, 0.2) is 47.2 Å². The molecule has 1 aromatic carbocycles. The quantitative estimate of drug-likeness (QED) is 0.717. The first-order valence-corrected chi connectivity index (χ1v) is 4.50. The predicted molar refractivity (Wildman–Crippen MR) is 56.5 cm³/mol. The minimum atomic E-state index is 0.883. The van der Waals surface area contributed by atoms with E-state index in [0.29, 0.717) is 0 Å². The zero-order valence-corrected chi connectivity index (χ0v) is 7.97. The zero-order chi connectivity index (χ0) is 9.80. The van der Waals surface area contributed by atoms with Crippen LogP contribution in [-0.2, 0) is 0 Å². The Morgan fingerprint density at radius 3 is 2.64 bits per heavy atom. The molecule has 0 spiro atoms. The van der Waals surface area contributed by atoms with Crippen LogP contribution in [0, 0.1) is 0 Å². The maximum Gasteiger partial charge on any atom is 0.124 e. The zero-order valence-electron chi connectivity index (χ0n) is 7.97. The molecule has 0 saturated heterocycles. The molecular formula is C12H11NO. The van der Waals surface area contributed by atoms with Gasteiger partial charge in [-0.2, -0.15) is 0 Å². The average molecular weight is 185 g/mol. The predicted octanol–water partition coefficient (Wildman–Crippen LogP) is 3.24. The fraction of sp³-hybridized carbons (Fsp3) is 0.0833. The number of hydrogen-bond donors (Lipinski definition) is 0. The van der Waals surface area contributed by atoms with E-state index in [1.807, 2.05) is 31.2 Å². The molecule has 0 aliphatic heterocycles. The molecule has 70 valence electrons. The number of nitrogens with zero attached hydrogens (tertiary/aromatic N) is 1. The number of rotatable bonds is 2. The molecule has 2 aromatic rings. The lowest BCUT2D eigenvalue weighted by Gasteiger charge is -1.95. The standard InChI is InChI=1S/C12H11NO/c1-10(12-7-8-14-13-12)9-11-5-3-2-4-6-11/h2-9H,1H3. The molecule has 0 fully saturated rings. The van der Waals surface area contributed by atoms with Crippen LogP contribution in [0.2, 0.25) is 0 Å². The molecule has 0 bridgehead atoms. The lowest BCUT2D eigenvalue weighted by molar-refractivity contribution is 0.418. The van der Waals surface area contributed by atoms with Gasteiger partial charge in [0.05, 0.1) is 0 Å². The molecule has 0 unspecified atom stereocenters. The van der Waals surface area contributed by atoms with Crippen molar-refractivity contribution in [3.63, 3.8) is 0 Å². The van der Waals surface area contributed by atoms with Crippen molar-refractivity contribution in [3.8, 4) is 0 Å². The van der Waals surface area contributed by atoms with Gasteiger partial charge < -0.3 is 4.52 Å². The highest BCUT2D eigenvalue weighted by Crippen LogP contribution is 2.15. The van der Waals surface area contributed by atoms with Crippen LogP contribution < -0.4 is 0 Å². The van der Waals surface area contributed by atoms with Gasteiger partial charge in [-0.15, -0.1) is 0 Å². The molecule has 0 saturated carbocycles. The Balaban J connectivity index is 2.28. The number of hydrogen-bond acceptors (Lipinski definition) is 2. The third-order valence-electron chi connectivity index (χ3n) is 2.02. The molecule has 1 aromatic heterocycles. The number of benzene rings is 1. The minimum absolute atomic E-state index is 0.883. The molecule has 2 nitrogen and oxygen atoms in total. The van der Waals surface area contributed by atoms with E-state index in [1.165, 1.54) is 5.56 Å². The fourth-order valence-corrected chi connectivity index (χ4v) is 1.29. The summed E-state index contributed by atoms with van der Waals surface area (Å²) in [5.74, 6) is 0. The van der Waals surface area contributed by atoms with E-state index >= 15 is 0 Å². The van der Waals surface area contributed by atoms with Gasteiger partial charge in [0.15, 0.2) is 0 Å². The second-order valence-electron chi connectivity index (χ2n) is 3.12. The van der Waals surface area contributed by atoms with Crippen LogP contribution in [0.5, 0.6) is 0 Å². The summed E-state index contributed by atoms with van der Waals surface area (Å²) in [6.45, 7) is 2.02. The van der Waals surface area contributed by atoms with Crippen molar-refractivity contribution in [2.24, 2.45) is 0 Å². The Labute approximate surface area is 82.9 Å². The molecule has 1 heterocycles. The molecule has 0 atom stereocenters. The summed E-state index contributed by atoms with van der Waals surface area (Å²) in [7, 11) is 0. The summed E-state index contributed by atoms with van der Waals surface area (Å²) >= 11 is 0. The summed E-state index contributed by atoms with van der Waals surface area (Å²) in [4.78, 5) is 0. The molecule has 0 amide bonds. The maximum absolute atomic E-state index is 4.78. The fourth-order valence-electron chi connectivity index (χ4n) is 1.29. The van der Waals surface area contributed by atoms with Gasteiger partial charge in [-0.05, 0) is 24.1 Å². The van der Waals surface area contributed by atoms with Gasteiger partial charge >= 0.3 is 0 Å². The lowest BCUT2D eigenvalue weighted by Crippen LogP contribution is -1.78. The van der Waals surface area contributed by atoms with Gasteiger partial charge in [-0.3, -0.25) is 0 Å². The SMILES string of the molecule is CC(=Cc1ccccc1)c1ccon1. The van der Waals surface area contributed by atoms with Gasteiger partial charge in [-0.1, -0.05) is 35.5 Å². The molecule has 14 heavy (non-hydrogen) atoms. The summed E-state index contributed by atoms with van der Waals surface area (Å²) in [5, 5.41) is 3.87.